The van der Waals surface area contributed by atoms with Gasteiger partial charge in [0.05, 0.1) is 23.4 Å². The maximum atomic E-state index is 14.0. The molecular formula is C21H19F5N4O4S. The fraction of sp³-hybridized carbons (Fsp3) is 0.333. The number of sulfone groups is 1. The van der Waals surface area contributed by atoms with Crippen molar-refractivity contribution in [1.82, 2.24) is 10.3 Å². The van der Waals surface area contributed by atoms with Gasteiger partial charge in [-0.3, -0.25) is 0 Å². The van der Waals surface area contributed by atoms with Crippen molar-refractivity contribution in [2.45, 2.75) is 31.6 Å². The van der Waals surface area contributed by atoms with Gasteiger partial charge in [0.1, 0.15) is 17.4 Å². The van der Waals surface area contributed by atoms with Crippen molar-refractivity contribution in [3.8, 4) is 0 Å². The van der Waals surface area contributed by atoms with Crippen LogP contribution < -0.4 is 16.0 Å². The number of carbonyl (C=O) groups is 1. The Morgan fingerprint density at radius 2 is 1.97 bits per heavy atom. The number of carbonyl (C=O) groups excluding carboxylic acids is 1. The summed E-state index contributed by atoms with van der Waals surface area (Å²) >= 11 is 0. The first-order valence-corrected chi connectivity index (χ1v) is 12.1. The first kappa shape index (κ1) is 24.7. The van der Waals surface area contributed by atoms with E-state index >= 15 is 0 Å². The van der Waals surface area contributed by atoms with Crippen LogP contribution in [0.5, 0.6) is 0 Å². The normalized spacial score (nSPS) is 18.4. The second kappa shape index (κ2) is 8.98. The SMILES string of the molecule is Cc1c([C@@H](NC(=O)Nc2ccc(NC3CCS(=O)(=O)C3)nc2)C(F)(F)F)oc2c(F)cc(F)cc12. The number of hydrogen-bond acceptors (Lipinski definition) is 6. The summed E-state index contributed by atoms with van der Waals surface area (Å²) in [6.07, 6.45) is -3.42. The van der Waals surface area contributed by atoms with E-state index < -0.39 is 51.1 Å². The summed E-state index contributed by atoms with van der Waals surface area (Å²) in [5.74, 6) is -2.57. The molecule has 3 aromatic rings. The summed E-state index contributed by atoms with van der Waals surface area (Å²) < 4.78 is 96.9. The zero-order valence-corrected chi connectivity index (χ0v) is 18.9. The first-order chi connectivity index (χ1) is 16.3. The molecule has 0 spiro atoms. The van der Waals surface area contributed by atoms with Gasteiger partial charge in [-0.2, -0.15) is 13.2 Å². The quantitative estimate of drug-likeness (QED) is 0.431. The number of anilines is 2. The van der Waals surface area contributed by atoms with Crippen LogP contribution in [0.4, 0.5) is 38.3 Å². The molecule has 2 aromatic heterocycles. The maximum absolute atomic E-state index is 14.0. The lowest BCUT2D eigenvalue weighted by molar-refractivity contribution is -0.158. The van der Waals surface area contributed by atoms with Gasteiger partial charge in [-0.15, -0.1) is 0 Å². The molecule has 1 fully saturated rings. The topological polar surface area (TPSA) is 113 Å². The fourth-order valence-electron chi connectivity index (χ4n) is 3.80. The van der Waals surface area contributed by atoms with Gasteiger partial charge in [-0.25, -0.2) is 27.0 Å². The van der Waals surface area contributed by atoms with E-state index in [-0.39, 0.29) is 34.2 Å². The van der Waals surface area contributed by atoms with E-state index in [1.54, 1.807) is 5.32 Å². The van der Waals surface area contributed by atoms with E-state index in [4.69, 9.17) is 4.42 Å². The number of rotatable bonds is 5. The number of urea groups is 1. The fourth-order valence-corrected chi connectivity index (χ4v) is 5.48. The highest BCUT2D eigenvalue weighted by atomic mass is 32.2. The Morgan fingerprint density at radius 3 is 2.57 bits per heavy atom. The number of furan rings is 1. The van der Waals surface area contributed by atoms with Crippen molar-refractivity contribution in [3.05, 3.63) is 53.4 Å². The third-order valence-corrected chi connectivity index (χ3v) is 7.23. The number of nitrogens with one attached hydrogen (secondary N) is 3. The lowest BCUT2D eigenvalue weighted by Crippen LogP contribution is -2.40. The zero-order chi connectivity index (χ0) is 25.5. The lowest BCUT2D eigenvalue weighted by atomic mass is 10.1. The molecule has 188 valence electrons. The molecule has 0 aliphatic carbocycles. The number of aromatic nitrogens is 1. The predicted molar refractivity (Wildman–Crippen MR) is 117 cm³/mol. The van der Waals surface area contributed by atoms with Gasteiger partial charge in [-0.1, -0.05) is 0 Å². The summed E-state index contributed by atoms with van der Waals surface area (Å²) in [5.41, 5.74) is -0.674. The van der Waals surface area contributed by atoms with Crippen LogP contribution in [0.25, 0.3) is 11.0 Å². The molecule has 0 radical (unpaired) electrons. The van der Waals surface area contributed by atoms with Gasteiger partial charge >= 0.3 is 12.2 Å². The van der Waals surface area contributed by atoms with Crippen molar-refractivity contribution < 1.29 is 39.6 Å². The van der Waals surface area contributed by atoms with E-state index in [1.807, 2.05) is 0 Å². The standard InChI is InChI=1S/C21H19F5N4O4S/c1-10-14-6-11(22)7-15(23)18(14)34-17(10)19(21(24,25)26)30-20(31)29-12-2-3-16(27-8-12)28-13-4-5-35(32,33)9-13/h2-3,6-8,13,19H,4-5,9H2,1H3,(H,27,28)(H2,29,30,31)/t13?,19-/m1/s1. The minimum atomic E-state index is -5.02. The summed E-state index contributed by atoms with van der Waals surface area (Å²) in [4.78, 5) is 16.3. The van der Waals surface area contributed by atoms with E-state index in [0.717, 1.165) is 6.07 Å². The number of amides is 2. The zero-order valence-electron chi connectivity index (χ0n) is 18.0. The highest BCUT2D eigenvalue weighted by Gasteiger charge is 2.45. The number of halogens is 5. The van der Waals surface area contributed by atoms with Crippen LogP contribution in [-0.4, -0.2) is 43.2 Å². The van der Waals surface area contributed by atoms with Crippen LogP contribution in [0.1, 0.15) is 23.8 Å². The lowest BCUT2D eigenvalue weighted by Gasteiger charge is -2.21. The number of hydrogen-bond donors (Lipinski definition) is 3. The molecule has 1 aliphatic heterocycles. The number of nitrogens with zero attached hydrogens (tertiary/aromatic N) is 1. The molecule has 1 aromatic carbocycles. The Morgan fingerprint density at radius 1 is 1.23 bits per heavy atom. The van der Waals surface area contributed by atoms with Gasteiger partial charge in [-0.05, 0) is 31.5 Å². The largest absolute Gasteiger partial charge is 0.455 e. The molecule has 2 atom stereocenters. The van der Waals surface area contributed by atoms with Crippen LogP contribution in [0.2, 0.25) is 0 Å². The van der Waals surface area contributed by atoms with Crippen molar-refractivity contribution in [1.29, 1.82) is 0 Å². The molecule has 0 bridgehead atoms. The molecule has 8 nitrogen and oxygen atoms in total. The van der Waals surface area contributed by atoms with Crippen molar-refractivity contribution in [3.63, 3.8) is 0 Å². The highest BCUT2D eigenvalue weighted by molar-refractivity contribution is 7.91. The highest BCUT2D eigenvalue weighted by Crippen LogP contribution is 2.39. The average Bonchev–Trinajstić information content (AvgIpc) is 3.26. The van der Waals surface area contributed by atoms with Crippen LogP contribution in [0.15, 0.2) is 34.9 Å². The molecule has 35 heavy (non-hydrogen) atoms. The van der Waals surface area contributed by atoms with Crippen LogP contribution in [0, 0.1) is 18.6 Å². The first-order valence-electron chi connectivity index (χ1n) is 10.3. The van der Waals surface area contributed by atoms with Gasteiger partial charge in [0, 0.05) is 23.1 Å². The molecule has 1 aliphatic rings. The van der Waals surface area contributed by atoms with Gasteiger partial charge in [0.2, 0.25) is 0 Å². The summed E-state index contributed by atoms with van der Waals surface area (Å²) in [7, 11) is -3.10. The van der Waals surface area contributed by atoms with E-state index in [9.17, 15) is 35.2 Å². The van der Waals surface area contributed by atoms with E-state index in [0.29, 0.717) is 18.3 Å². The molecule has 1 saturated heterocycles. The molecule has 4 rings (SSSR count). The number of pyridine rings is 1. The van der Waals surface area contributed by atoms with Crippen molar-refractivity contribution >= 4 is 38.3 Å². The van der Waals surface area contributed by atoms with Gasteiger partial charge in [0.25, 0.3) is 0 Å². The molecule has 2 amide bonds. The molecule has 3 heterocycles. The molecule has 14 heteroatoms. The van der Waals surface area contributed by atoms with Gasteiger partial charge < -0.3 is 20.4 Å². The Kier molecular flexibility index (Phi) is 6.34. The third kappa shape index (κ3) is 5.47. The Labute approximate surface area is 195 Å². The van der Waals surface area contributed by atoms with Crippen LogP contribution in [-0.2, 0) is 9.84 Å². The second-order valence-electron chi connectivity index (χ2n) is 8.11. The van der Waals surface area contributed by atoms with Crippen LogP contribution in [0.3, 0.4) is 0 Å². The van der Waals surface area contributed by atoms with E-state index in [1.165, 1.54) is 25.3 Å². The molecular weight excluding hydrogens is 499 g/mol. The van der Waals surface area contributed by atoms with Gasteiger partial charge in [0.15, 0.2) is 27.3 Å². The van der Waals surface area contributed by atoms with Crippen LogP contribution >= 0.6 is 0 Å². The van der Waals surface area contributed by atoms with Crippen molar-refractivity contribution in [2.24, 2.45) is 0 Å². The number of alkyl halides is 3. The number of benzene rings is 1. The average molecular weight is 518 g/mol. The Balaban J connectivity index is 1.48. The van der Waals surface area contributed by atoms with E-state index in [2.05, 4.69) is 15.6 Å². The monoisotopic (exact) mass is 518 g/mol. The molecule has 0 saturated carbocycles. The summed E-state index contributed by atoms with van der Waals surface area (Å²) in [5, 5.41) is 6.71. The summed E-state index contributed by atoms with van der Waals surface area (Å²) in [6.45, 7) is 1.20. The Bertz CT molecular complexity index is 1370. The summed E-state index contributed by atoms with van der Waals surface area (Å²) in [6, 6.07) is -0.0780. The smallest absolute Gasteiger partial charge is 0.416 e. The predicted octanol–water partition coefficient (Wildman–Crippen LogP) is 4.44. The second-order valence-corrected chi connectivity index (χ2v) is 10.3. The number of fused-ring (bicyclic) bond motifs is 1. The minimum absolute atomic E-state index is 0.0341. The number of aryl methyl sites for hydroxylation is 1. The third-order valence-electron chi connectivity index (χ3n) is 5.46. The Hall–Kier alpha value is -3.42. The molecule has 3 N–H and O–H groups in total. The minimum Gasteiger partial charge on any atom is -0.455 e. The van der Waals surface area contributed by atoms with Crippen molar-refractivity contribution in [2.75, 3.05) is 22.1 Å². The maximum Gasteiger partial charge on any atom is 0.416 e. The molecule has 1 unspecified atom stereocenters.